The number of halogens is 1. The Morgan fingerprint density at radius 2 is 2.00 bits per heavy atom. The van der Waals surface area contributed by atoms with E-state index in [0.29, 0.717) is 15.5 Å². The molecule has 0 aromatic heterocycles. The highest BCUT2D eigenvalue weighted by Crippen LogP contribution is 2.27. The lowest BCUT2D eigenvalue weighted by Gasteiger charge is -2.27. The van der Waals surface area contributed by atoms with Gasteiger partial charge in [0.1, 0.15) is 6.54 Å². The highest BCUT2D eigenvalue weighted by molar-refractivity contribution is 7.80. The van der Waals surface area contributed by atoms with Crippen LogP contribution in [0.3, 0.4) is 0 Å². The third kappa shape index (κ3) is 3.46. The van der Waals surface area contributed by atoms with E-state index in [9.17, 15) is 9.59 Å². The van der Waals surface area contributed by atoms with Crippen molar-refractivity contribution in [1.82, 2.24) is 4.90 Å². The van der Waals surface area contributed by atoms with Crippen LogP contribution in [0.15, 0.2) is 23.1 Å². The first-order valence-corrected chi connectivity index (χ1v) is 7.33. The molecule has 0 spiro atoms. The summed E-state index contributed by atoms with van der Waals surface area (Å²) in [4.78, 5) is 25.5. The molecule has 0 atom stereocenters. The van der Waals surface area contributed by atoms with E-state index in [1.807, 2.05) is 0 Å². The molecule has 0 heterocycles. The molecule has 0 unspecified atom stereocenters. The molecule has 0 aliphatic heterocycles. The predicted octanol–water partition coefficient (Wildman–Crippen LogP) is 3.10. The minimum absolute atomic E-state index is 0.00186. The van der Waals surface area contributed by atoms with Gasteiger partial charge in [-0.2, -0.15) is 0 Å². The van der Waals surface area contributed by atoms with Gasteiger partial charge in [0, 0.05) is 16.0 Å². The molecule has 0 bridgehead atoms. The Hall–Kier alpha value is -1.20. The van der Waals surface area contributed by atoms with Gasteiger partial charge in [0.2, 0.25) is 0 Å². The van der Waals surface area contributed by atoms with Crippen molar-refractivity contribution in [2.75, 3.05) is 6.54 Å². The van der Waals surface area contributed by atoms with E-state index in [4.69, 9.17) is 16.7 Å². The average Bonchev–Trinajstić information content (AvgIpc) is 2.88. The number of benzene rings is 1. The molecule has 1 saturated carbocycles. The Bertz CT molecular complexity index is 529. The van der Waals surface area contributed by atoms with Crippen molar-refractivity contribution >= 4 is 36.1 Å². The van der Waals surface area contributed by atoms with Crippen LogP contribution < -0.4 is 0 Å². The second kappa shape index (κ2) is 6.50. The Morgan fingerprint density at radius 1 is 1.35 bits per heavy atom. The topological polar surface area (TPSA) is 57.6 Å². The SMILES string of the molecule is O=C(O)CN(C(=O)c1ccc(Cl)cc1S)C1CCCC1. The standard InChI is InChI=1S/C14H16ClNO3S/c15-9-5-6-11(12(20)7-9)14(19)16(8-13(17)18)10-3-1-2-4-10/h5-7,10,20H,1-4,8H2,(H,17,18). The first kappa shape index (κ1) is 15.2. The van der Waals surface area contributed by atoms with Crippen molar-refractivity contribution in [3.05, 3.63) is 28.8 Å². The smallest absolute Gasteiger partial charge is 0.323 e. The van der Waals surface area contributed by atoms with Gasteiger partial charge >= 0.3 is 5.97 Å². The second-order valence-corrected chi connectivity index (χ2v) is 5.84. The van der Waals surface area contributed by atoms with Crippen molar-refractivity contribution in [3.63, 3.8) is 0 Å². The second-order valence-electron chi connectivity index (χ2n) is 4.93. The number of amides is 1. The van der Waals surface area contributed by atoms with Crippen LogP contribution in [0.5, 0.6) is 0 Å². The summed E-state index contributed by atoms with van der Waals surface area (Å²) in [5, 5.41) is 9.52. The maximum atomic E-state index is 12.6. The summed E-state index contributed by atoms with van der Waals surface area (Å²) >= 11 is 10.1. The third-order valence-electron chi connectivity index (χ3n) is 3.52. The molecular formula is C14H16ClNO3S. The summed E-state index contributed by atoms with van der Waals surface area (Å²) < 4.78 is 0. The molecule has 1 aliphatic carbocycles. The molecule has 0 radical (unpaired) electrons. The van der Waals surface area contributed by atoms with Crippen LogP contribution in [0.1, 0.15) is 36.0 Å². The summed E-state index contributed by atoms with van der Waals surface area (Å²) in [6.45, 7) is -0.278. The van der Waals surface area contributed by atoms with Crippen LogP contribution in [0, 0.1) is 0 Å². The summed E-state index contributed by atoms with van der Waals surface area (Å²) in [5.41, 5.74) is 0.394. The Morgan fingerprint density at radius 3 is 2.55 bits per heavy atom. The van der Waals surface area contributed by atoms with Crippen molar-refractivity contribution in [1.29, 1.82) is 0 Å². The number of carboxylic acid groups (broad SMARTS) is 1. The number of aliphatic carboxylic acids is 1. The zero-order valence-corrected chi connectivity index (χ0v) is 12.5. The minimum Gasteiger partial charge on any atom is -0.480 e. The molecule has 2 rings (SSSR count). The van der Waals surface area contributed by atoms with Gasteiger partial charge in [0.05, 0.1) is 5.56 Å². The van der Waals surface area contributed by atoms with E-state index in [1.165, 1.54) is 4.90 Å². The fraction of sp³-hybridized carbons (Fsp3) is 0.429. The van der Waals surface area contributed by atoms with Gasteiger partial charge in [-0.15, -0.1) is 12.6 Å². The zero-order chi connectivity index (χ0) is 14.7. The molecular weight excluding hydrogens is 298 g/mol. The Kier molecular flexibility index (Phi) is 4.94. The van der Waals surface area contributed by atoms with Gasteiger partial charge in [-0.1, -0.05) is 24.4 Å². The van der Waals surface area contributed by atoms with Gasteiger partial charge in [-0.25, -0.2) is 0 Å². The van der Waals surface area contributed by atoms with Crippen molar-refractivity contribution < 1.29 is 14.7 Å². The molecule has 0 saturated heterocycles. The fourth-order valence-electron chi connectivity index (χ4n) is 2.57. The van der Waals surface area contributed by atoms with Gasteiger partial charge < -0.3 is 10.0 Å². The molecule has 4 nitrogen and oxygen atoms in total. The summed E-state index contributed by atoms with van der Waals surface area (Å²) in [7, 11) is 0. The van der Waals surface area contributed by atoms with Gasteiger partial charge in [0.15, 0.2) is 0 Å². The number of nitrogens with zero attached hydrogens (tertiary/aromatic N) is 1. The Labute approximate surface area is 128 Å². The van der Waals surface area contributed by atoms with E-state index < -0.39 is 5.97 Å². The van der Waals surface area contributed by atoms with Crippen molar-refractivity contribution in [3.8, 4) is 0 Å². The normalized spacial score (nSPS) is 15.3. The summed E-state index contributed by atoms with van der Waals surface area (Å²) in [6.07, 6.45) is 3.77. The van der Waals surface area contributed by atoms with Crippen LogP contribution in [-0.2, 0) is 4.79 Å². The lowest BCUT2D eigenvalue weighted by molar-refractivity contribution is -0.138. The molecule has 1 aromatic carbocycles. The maximum Gasteiger partial charge on any atom is 0.323 e. The monoisotopic (exact) mass is 313 g/mol. The maximum absolute atomic E-state index is 12.6. The number of carbonyl (C=O) groups is 2. The van der Waals surface area contributed by atoms with Gasteiger partial charge in [-0.05, 0) is 31.0 Å². The predicted molar refractivity (Wildman–Crippen MR) is 79.6 cm³/mol. The molecule has 108 valence electrons. The van der Waals surface area contributed by atoms with E-state index in [1.54, 1.807) is 18.2 Å². The molecule has 1 aliphatic rings. The number of carbonyl (C=O) groups excluding carboxylic acids is 1. The number of thiol groups is 1. The lowest BCUT2D eigenvalue weighted by atomic mass is 10.1. The fourth-order valence-corrected chi connectivity index (χ4v) is 3.13. The molecule has 1 aromatic rings. The van der Waals surface area contributed by atoms with E-state index in [2.05, 4.69) is 12.6 Å². The molecule has 20 heavy (non-hydrogen) atoms. The summed E-state index contributed by atoms with van der Waals surface area (Å²) in [5.74, 6) is -1.29. The quantitative estimate of drug-likeness (QED) is 0.840. The van der Waals surface area contributed by atoms with Crippen LogP contribution in [-0.4, -0.2) is 34.5 Å². The van der Waals surface area contributed by atoms with E-state index >= 15 is 0 Å². The minimum atomic E-state index is -1.00. The number of carboxylic acids is 1. The van der Waals surface area contributed by atoms with Crippen LogP contribution in [0.2, 0.25) is 5.02 Å². The molecule has 1 amide bonds. The zero-order valence-electron chi connectivity index (χ0n) is 10.9. The molecule has 1 fully saturated rings. The van der Waals surface area contributed by atoms with Crippen LogP contribution in [0.4, 0.5) is 0 Å². The van der Waals surface area contributed by atoms with E-state index in [0.717, 1.165) is 25.7 Å². The van der Waals surface area contributed by atoms with Gasteiger partial charge in [-0.3, -0.25) is 9.59 Å². The lowest BCUT2D eigenvalue weighted by Crippen LogP contribution is -2.42. The molecule has 6 heteroatoms. The van der Waals surface area contributed by atoms with Crippen LogP contribution in [0.25, 0.3) is 0 Å². The first-order chi connectivity index (χ1) is 9.49. The number of hydrogen-bond acceptors (Lipinski definition) is 3. The van der Waals surface area contributed by atoms with Crippen molar-refractivity contribution in [2.45, 2.75) is 36.6 Å². The first-order valence-electron chi connectivity index (χ1n) is 6.50. The third-order valence-corrected chi connectivity index (χ3v) is 4.13. The summed E-state index contributed by atoms with van der Waals surface area (Å²) in [6, 6.07) is 4.80. The van der Waals surface area contributed by atoms with Crippen molar-refractivity contribution in [2.24, 2.45) is 0 Å². The number of hydrogen-bond donors (Lipinski definition) is 2. The largest absolute Gasteiger partial charge is 0.480 e. The van der Waals surface area contributed by atoms with Gasteiger partial charge in [0.25, 0.3) is 5.91 Å². The Balaban J connectivity index is 2.27. The highest BCUT2D eigenvalue weighted by Gasteiger charge is 2.29. The number of rotatable bonds is 4. The van der Waals surface area contributed by atoms with E-state index in [-0.39, 0.29) is 18.5 Å². The molecule has 1 N–H and O–H groups in total. The average molecular weight is 314 g/mol. The highest BCUT2D eigenvalue weighted by atomic mass is 35.5. The van der Waals surface area contributed by atoms with Crippen LogP contribution >= 0.6 is 24.2 Å².